The predicted molar refractivity (Wildman–Crippen MR) is 122 cm³/mol. The summed E-state index contributed by atoms with van der Waals surface area (Å²) in [4.78, 5) is 8.47. The molecule has 0 saturated carbocycles. The summed E-state index contributed by atoms with van der Waals surface area (Å²) in [6, 6.07) is 16.2. The quantitative estimate of drug-likeness (QED) is 0.268. The summed E-state index contributed by atoms with van der Waals surface area (Å²) in [5.74, 6) is 2.43. The van der Waals surface area contributed by atoms with Gasteiger partial charge in [0.15, 0.2) is 11.8 Å². The SMILES string of the molecule is CN=C(NCCc1ccccc1OC)NCc1cccc(-c2ncn[nH]2)c1.I. The van der Waals surface area contributed by atoms with Crippen molar-refractivity contribution in [1.82, 2.24) is 25.8 Å². The van der Waals surface area contributed by atoms with Crippen molar-refractivity contribution in [2.45, 2.75) is 13.0 Å². The molecule has 3 rings (SSSR count). The smallest absolute Gasteiger partial charge is 0.191 e. The molecule has 148 valence electrons. The number of aromatic amines is 1. The highest BCUT2D eigenvalue weighted by atomic mass is 127. The fourth-order valence-corrected chi connectivity index (χ4v) is 2.80. The zero-order valence-electron chi connectivity index (χ0n) is 16.0. The van der Waals surface area contributed by atoms with Crippen LogP contribution in [0.3, 0.4) is 0 Å². The largest absolute Gasteiger partial charge is 0.496 e. The highest BCUT2D eigenvalue weighted by molar-refractivity contribution is 14.0. The van der Waals surface area contributed by atoms with E-state index < -0.39 is 0 Å². The van der Waals surface area contributed by atoms with Gasteiger partial charge in [0.2, 0.25) is 0 Å². The number of hydrogen-bond acceptors (Lipinski definition) is 4. The lowest BCUT2D eigenvalue weighted by Gasteiger charge is -2.13. The number of nitrogens with zero attached hydrogens (tertiary/aromatic N) is 3. The van der Waals surface area contributed by atoms with Crippen molar-refractivity contribution < 1.29 is 4.74 Å². The van der Waals surface area contributed by atoms with Gasteiger partial charge in [-0.1, -0.05) is 36.4 Å². The van der Waals surface area contributed by atoms with E-state index in [-0.39, 0.29) is 24.0 Å². The van der Waals surface area contributed by atoms with Crippen LogP contribution in [0.25, 0.3) is 11.4 Å². The van der Waals surface area contributed by atoms with E-state index in [2.05, 4.69) is 49.0 Å². The number of para-hydroxylation sites is 1. The number of methoxy groups -OCH3 is 1. The number of aliphatic imine (C=N–C) groups is 1. The molecule has 0 aliphatic carbocycles. The van der Waals surface area contributed by atoms with Crippen LogP contribution in [-0.4, -0.2) is 41.8 Å². The van der Waals surface area contributed by atoms with E-state index in [4.69, 9.17) is 4.74 Å². The molecular weight excluding hydrogens is 467 g/mol. The number of halogens is 1. The summed E-state index contributed by atoms with van der Waals surface area (Å²) < 4.78 is 5.39. The molecule has 1 aromatic heterocycles. The van der Waals surface area contributed by atoms with Gasteiger partial charge in [-0.2, -0.15) is 5.10 Å². The van der Waals surface area contributed by atoms with Gasteiger partial charge in [0.1, 0.15) is 12.1 Å². The summed E-state index contributed by atoms with van der Waals surface area (Å²) in [5, 5.41) is 13.4. The average molecular weight is 492 g/mol. The van der Waals surface area contributed by atoms with E-state index in [1.807, 2.05) is 30.3 Å². The Hall–Kier alpha value is -2.62. The molecule has 0 bridgehead atoms. The van der Waals surface area contributed by atoms with Crippen LogP contribution in [0.15, 0.2) is 59.9 Å². The number of aromatic nitrogens is 3. The van der Waals surface area contributed by atoms with Gasteiger partial charge in [-0.3, -0.25) is 10.1 Å². The second-order valence-electron chi connectivity index (χ2n) is 5.95. The Morgan fingerprint density at radius 3 is 2.75 bits per heavy atom. The Morgan fingerprint density at radius 2 is 2.00 bits per heavy atom. The second-order valence-corrected chi connectivity index (χ2v) is 5.95. The Morgan fingerprint density at radius 1 is 1.14 bits per heavy atom. The lowest BCUT2D eigenvalue weighted by atomic mass is 10.1. The first kappa shape index (κ1) is 21.7. The third kappa shape index (κ3) is 5.95. The van der Waals surface area contributed by atoms with Gasteiger partial charge in [0.05, 0.1) is 7.11 Å². The number of hydrogen-bond donors (Lipinski definition) is 3. The van der Waals surface area contributed by atoms with Crippen molar-refractivity contribution >= 4 is 29.9 Å². The maximum atomic E-state index is 5.39. The van der Waals surface area contributed by atoms with Crippen molar-refractivity contribution in [3.63, 3.8) is 0 Å². The van der Waals surface area contributed by atoms with Crippen LogP contribution in [0.1, 0.15) is 11.1 Å². The van der Waals surface area contributed by atoms with Crippen LogP contribution >= 0.6 is 24.0 Å². The minimum Gasteiger partial charge on any atom is -0.496 e. The molecule has 7 nitrogen and oxygen atoms in total. The standard InChI is InChI=1S/C20H24N6O.HI/c1-21-20(22-11-10-16-7-3-4-9-18(16)27-2)23-13-15-6-5-8-17(12-15)19-24-14-25-26-19;/h3-9,12,14H,10-11,13H2,1-2H3,(H2,21,22,23)(H,24,25,26);1H. The van der Waals surface area contributed by atoms with Gasteiger partial charge in [-0.25, -0.2) is 4.98 Å². The molecule has 0 fully saturated rings. The zero-order valence-corrected chi connectivity index (χ0v) is 18.3. The van der Waals surface area contributed by atoms with Crippen molar-refractivity contribution in [3.8, 4) is 17.1 Å². The van der Waals surface area contributed by atoms with Crippen molar-refractivity contribution in [2.75, 3.05) is 20.7 Å². The molecule has 0 radical (unpaired) electrons. The number of ether oxygens (including phenoxy) is 1. The average Bonchev–Trinajstić information content (AvgIpc) is 3.26. The maximum absolute atomic E-state index is 5.39. The van der Waals surface area contributed by atoms with E-state index in [1.165, 1.54) is 11.9 Å². The lowest BCUT2D eigenvalue weighted by molar-refractivity contribution is 0.409. The molecule has 2 aromatic carbocycles. The fraction of sp³-hybridized carbons (Fsp3) is 0.250. The number of guanidine groups is 1. The number of H-pyrrole nitrogens is 1. The molecule has 0 atom stereocenters. The molecule has 1 heterocycles. The molecule has 3 N–H and O–H groups in total. The first-order valence-electron chi connectivity index (χ1n) is 8.81. The Balaban J connectivity index is 0.00000280. The molecule has 0 unspecified atom stereocenters. The summed E-state index contributed by atoms with van der Waals surface area (Å²) in [6.45, 7) is 1.43. The first-order valence-corrected chi connectivity index (χ1v) is 8.81. The third-order valence-electron chi connectivity index (χ3n) is 4.18. The van der Waals surface area contributed by atoms with Crippen LogP contribution in [0.5, 0.6) is 5.75 Å². The summed E-state index contributed by atoms with van der Waals surface area (Å²) in [6.07, 6.45) is 2.36. The molecule has 0 aliphatic rings. The van der Waals surface area contributed by atoms with Crippen molar-refractivity contribution in [2.24, 2.45) is 4.99 Å². The van der Waals surface area contributed by atoms with E-state index >= 15 is 0 Å². The van der Waals surface area contributed by atoms with Gasteiger partial charge in [0, 0.05) is 25.7 Å². The van der Waals surface area contributed by atoms with E-state index in [0.29, 0.717) is 6.54 Å². The van der Waals surface area contributed by atoms with Crippen molar-refractivity contribution in [3.05, 3.63) is 66.0 Å². The third-order valence-corrected chi connectivity index (χ3v) is 4.18. The molecule has 0 saturated heterocycles. The molecule has 8 heteroatoms. The van der Waals surface area contributed by atoms with E-state index in [0.717, 1.165) is 41.6 Å². The van der Waals surface area contributed by atoms with Crippen LogP contribution < -0.4 is 15.4 Å². The molecule has 0 aliphatic heterocycles. The number of nitrogens with one attached hydrogen (secondary N) is 3. The summed E-state index contributed by atoms with van der Waals surface area (Å²) >= 11 is 0. The van der Waals surface area contributed by atoms with Crippen LogP contribution in [0.2, 0.25) is 0 Å². The van der Waals surface area contributed by atoms with Crippen LogP contribution in [-0.2, 0) is 13.0 Å². The highest BCUT2D eigenvalue weighted by Crippen LogP contribution is 2.17. The minimum atomic E-state index is 0. The summed E-state index contributed by atoms with van der Waals surface area (Å²) in [7, 11) is 3.46. The van der Waals surface area contributed by atoms with Crippen LogP contribution in [0.4, 0.5) is 0 Å². The number of benzene rings is 2. The summed E-state index contributed by atoms with van der Waals surface area (Å²) in [5.41, 5.74) is 3.31. The maximum Gasteiger partial charge on any atom is 0.191 e. The fourth-order valence-electron chi connectivity index (χ4n) is 2.80. The van der Waals surface area contributed by atoms with Gasteiger partial charge in [-0.05, 0) is 29.7 Å². The topological polar surface area (TPSA) is 87.2 Å². The van der Waals surface area contributed by atoms with Gasteiger partial charge in [0.25, 0.3) is 0 Å². The minimum absolute atomic E-state index is 0. The zero-order chi connectivity index (χ0) is 18.9. The lowest BCUT2D eigenvalue weighted by Crippen LogP contribution is -2.37. The molecular formula is C20H25IN6O. The predicted octanol–water partition coefficient (Wildman–Crippen LogP) is 3.01. The Labute approximate surface area is 182 Å². The normalized spacial score (nSPS) is 10.9. The molecule has 28 heavy (non-hydrogen) atoms. The first-order chi connectivity index (χ1) is 13.3. The van der Waals surface area contributed by atoms with E-state index in [9.17, 15) is 0 Å². The van der Waals surface area contributed by atoms with E-state index in [1.54, 1.807) is 14.2 Å². The highest BCUT2D eigenvalue weighted by Gasteiger charge is 2.04. The monoisotopic (exact) mass is 492 g/mol. The molecule has 0 spiro atoms. The Bertz CT molecular complexity index is 882. The second kappa shape index (κ2) is 11.3. The molecule has 3 aromatic rings. The van der Waals surface area contributed by atoms with Crippen LogP contribution in [0, 0.1) is 0 Å². The molecule has 0 amide bonds. The Kier molecular flexibility index (Phi) is 8.73. The number of rotatable bonds is 7. The van der Waals surface area contributed by atoms with Gasteiger partial charge < -0.3 is 15.4 Å². The van der Waals surface area contributed by atoms with Gasteiger partial charge >= 0.3 is 0 Å². The van der Waals surface area contributed by atoms with Crippen molar-refractivity contribution in [1.29, 1.82) is 0 Å². The van der Waals surface area contributed by atoms with Gasteiger partial charge in [-0.15, -0.1) is 24.0 Å².